The minimum absolute atomic E-state index is 0.137. The molecular formula is C16H20F3NO4. The van der Waals surface area contributed by atoms with E-state index in [2.05, 4.69) is 4.74 Å². The Morgan fingerprint density at radius 1 is 1.12 bits per heavy atom. The molecule has 0 bridgehead atoms. The third kappa shape index (κ3) is 6.47. The Labute approximate surface area is 138 Å². The Morgan fingerprint density at radius 2 is 1.75 bits per heavy atom. The Bertz CT molecular complexity index is 543. The van der Waals surface area contributed by atoms with Crippen LogP contribution in [0.4, 0.5) is 13.2 Å². The van der Waals surface area contributed by atoms with Gasteiger partial charge in [-0.05, 0) is 31.0 Å². The van der Waals surface area contributed by atoms with E-state index in [1.165, 1.54) is 7.11 Å². The molecule has 0 unspecified atom stereocenters. The number of alkyl halides is 3. The van der Waals surface area contributed by atoms with Crippen LogP contribution in [0.25, 0.3) is 0 Å². The van der Waals surface area contributed by atoms with Gasteiger partial charge in [-0.25, -0.2) is 0 Å². The summed E-state index contributed by atoms with van der Waals surface area (Å²) in [5.74, 6) is -1.97. The number of rotatable bonds is 8. The molecule has 5 nitrogen and oxygen atoms in total. The highest BCUT2D eigenvalue weighted by molar-refractivity contribution is 5.82. The molecule has 0 N–H and O–H groups in total. The molecule has 1 aromatic carbocycles. The molecule has 0 fully saturated rings. The van der Waals surface area contributed by atoms with Crippen LogP contribution >= 0.6 is 0 Å². The van der Waals surface area contributed by atoms with Crippen LogP contribution in [0.1, 0.15) is 18.9 Å². The Kier molecular flexibility index (Phi) is 7.54. The van der Waals surface area contributed by atoms with E-state index in [4.69, 9.17) is 4.74 Å². The first-order valence-electron chi connectivity index (χ1n) is 7.42. The topological polar surface area (TPSA) is 55.8 Å². The van der Waals surface area contributed by atoms with E-state index in [9.17, 15) is 22.8 Å². The fourth-order valence-corrected chi connectivity index (χ4v) is 2.01. The molecule has 1 aromatic rings. The number of hydrogen-bond acceptors (Lipinski definition) is 4. The minimum atomic E-state index is -4.98. The second kappa shape index (κ2) is 9.14. The van der Waals surface area contributed by atoms with Crippen LogP contribution in [-0.4, -0.2) is 49.8 Å². The number of carbonyl (C=O) groups excluding carboxylic acids is 2. The molecule has 1 amide bonds. The fourth-order valence-electron chi connectivity index (χ4n) is 2.01. The highest BCUT2D eigenvalue weighted by Crippen LogP contribution is 2.19. The van der Waals surface area contributed by atoms with E-state index in [1.807, 2.05) is 0 Å². The summed E-state index contributed by atoms with van der Waals surface area (Å²) in [6, 6.07) is 6.79. The molecule has 8 heteroatoms. The van der Waals surface area contributed by atoms with Crippen LogP contribution in [-0.2, 0) is 20.7 Å². The summed E-state index contributed by atoms with van der Waals surface area (Å²) in [4.78, 5) is 23.4. The standard InChI is InChI=1S/C16H20F3NO4/c1-3-24-14(21)9-11-20(15(22)16(17,18)19)10-8-12-4-6-13(23-2)7-5-12/h4-7H,3,8-11H2,1-2H3. The minimum Gasteiger partial charge on any atom is -0.497 e. The van der Waals surface area contributed by atoms with Crippen molar-refractivity contribution in [2.45, 2.75) is 25.9 Å². The summed E-state index contributed by atoms with van der Waals surface area (Å²) < 4.78 is 47.7. The first-order chi connectivity index (χ1) is 11.3. The van der Waals surface area contributed by atoms with Crippen molar-refractivity contribution < 1.29 is 32.2 Å². The average Bonchev–Trinajstić information content (AvgIpc) is 2.54. The van der Waals surface area contributed by atoms with E-state index in [0.29, 0.717) is 10.6 Å². The number of carbonyl (C=O) groups is 2. The third-order valence-electron chi connectivity index (χ3n) is 3.25. The predicted molar refractivity (Wildman–Crippen MR) is 80.6 cm³/mol. The number of hydrogen-bond donors (Lipinski definition) is 0. The molecule has 0 radical (unpaired) electrons. The molecule has 0 spiro atoms. The van der Waals surface area contributed by atoms with Crippen molar-refractivity contribution in [2.24, 2.45) is 0 Å². The lowest BCUT2D eigenvalue weighted by Gasteiger charge is -2.23. The number of esters is 1. The van der Waals surface area contributed by atoms with Crippen molar-refractivity contribution >= 4 is 11.9 Å². The van der Waals surface area contributed by atoms with Gasteiger partial charge in [0.15, 0.2) is 0 Å². The van der Waals surface area contributed by atoms with Gasteiger partial charge in [0.25, 0.3) is 0 Å². The number of halogens is 3. The molecule has 0 saturated carbocycles. The Hall–Kier alpha value is -2.25. The van der Waals surface area contributed by atoms with Crippen molar-refractivity contribution in [3.63, 3.8) is 0 Å². The normalized spacial score (nSPS) is 11.0. The second-order valence-corrected chi connectivity index (χ2v) is 4.94. The predicted octanol–water partition coefficient (Wildman–Crippen LogP) is 2.58. The first kappa shape index (κ1) is 19.8. The van der Waals surface area contributed by atoms with Crippen LogP contribution in [0.5, 0.6) is 5.75 Å². The van der Waals surface area contributed by atoms with Crippen LogP contribution < -0.4 is 4.74 Å². The van der Waals surface area contributed by atoms with Crippen LogP contribution in [0, 0.1) is 0 Å². The van der Waals surface area contributed by atoms with Crippen molar-refractivity contribution in [2.75, 3.05) is 26.8 Å². The molecule has 0 atom stereocenters. The van der Waals surface area contributed by atoms with Crippen molar-refractivity contribution in [1.82, 2.24) is 4.90 Å². The SMILES string of the molecule is CCOC(=O)CCN(CCc1ccc(OC)cc1)C(=O)C(F)(F)F. The van der Waals surface area contributed by atoms with Crippen molar-refractivity contribution in [3.8, 4) is 5.75 Å². The van der Waals surface area contributed by atoms with Gasteiger partial charge in [0, 0.05) is 13.1 Å². The van der Waals surface area contributed by atoms with E-state index in [0.717, 1.165) is 5.56 Å². The number of methoxy groups -OCH3 is 1. The maximum Gasteiger partial charge on any atom is 0.471 e. The summed E-state index contributed by atoms with van der Waals surface area (Å²) in [7, 11) is 1.51. The van der Waals surface area contributed by atoms with Crippen LogP contribution in [0.2, 0.25) is 0 Å². The van der Waals surface area contributed by atoms with E-state index < -0.39 is 18.1 Å². The summed E-state index contributed by atoms with van der Waals surface area (Å²) in [5.41, 5.74) is 0.756. The van der Waals surface area contributed by atoms with Gasteiger partial charge in [-0.1, -0.05) is 12.1 Å². The average molecular weight is 347 g/mol. The van der Waals surface area contributed by atoms with Gasteiger partial charge in [-0.15, -0.1) is 0 Å². The highest BCUT2D eigenvalue weighted by Gasteiger charge is 2.42. The zero-order chi connectivity index (χ0) is 18.2. The van der Waals surface area contributed by atoms with E-state index in [-0.39, 0.29) is 32.5 Å². The summed E-state index contributed by atoms with van der Waals surface area (Å²) in [6.45, 7) is 1.25. The van der Waals surface area contributed by atoms with Gasteiger partial charge in [-0.2, -0.15) is 13.2 Å². The second-order valence-electron chi connectivity index (χ2n) is 4.94. The smallest absolute Gasteiger partial charge is 0.471 e. The molecule has 0 saturated heterocycles. The molecule has 0 aromatic heterocycles. The lowest BCUT2D eigenvalue weighted by atomic mass is 10.1. The Morgan fingerprint density at radius 3 is 2.25 bits per heavy atom. The maximum absolute atomic E-state index is 12.7. The molecule has 0 heterocycles. The first-order valence-corrected chi connectivity index (χ1v) is 7.42. The summed E-state index contributed by atoms with van der Waals surface area (Å²) in [6.07, 6.45) is -5.03. The van der Waals surface area contributed by atoms with Gasteiger partial charge in [0.1, 0.15) is 5.75 Å². The van der Waals surface area contributed by atoms with Crippen LogP contribution in [0.3, 0.4) is 0 Å². The molecule has 0 aliphatic carbocycles. The van der Waals surface area contributed by atoms with Crippen LogP contribution in [0.15, 0.2) is 24.3 Å². The van der Waals surface area contributed by atoms with Gasteiger partial charge < -0.3 is 14.4 Å². The molecule has 134 valence electrons. The summed E-state index contributed by atoms with van der Waals surface area (Å²) in [5, 5.41) is 0. The number of nitrogens with zero attached hydrogens (tertiary/aromatic N) is 1. The molecular weight excluding hydrogens is 327 g/mol. The Balaban J connectivity index is 2.69. The monoisotopic (exact) mass is 347 g/mol. The highest BCUT2D eigenvalue weighted by atomic mass is 19.4. The van der Waals surface area contributed by atoms with Gasteiger partial charge in [0.2, 0.25) is 0 Å². The van der Waals surface area contributed by atoms with Crippen molar-refractivity contribution in [3.05, 3.63) is 29.8 Å². The molecule has 24 heavy (non-hydrogen) atoms. The fraction of sp³-hybridized carbons (Fsp3) is 0.500. The third-order valence-corrected chi connectivity index (χ3v) is 3.25. The number of amides is 1. The number of ether oxygens (including phenoxy) is 2. The quantitative estimate of drug-likeness (QED) is 0.678. The van der Waals surface area contributed by atoms with E-state index >= 15 is 0 Å². The lowest BCUT2D eigenvalue weighted by molar-refractivity contribution is -0.185. The summed E-state index contributed by atoms with van der Waals surface area (Å²) >= 11 is 0. The molecule has 0 aliphatic rings. The lowest BCUT2D eigenvalue weighted by Crippen LogP contribution is -2.43. The zero-order valence-electron chi connectivity index (χ0n) is 13.6. The molecule has 0 aliphatic heterocycles. The van der Waals surface area contributed by atoms with Gasteiger partial charge in [-0.3, -0.25) is 9.59 Å². The largest absolute Gasteiger partial charge is 0.497 e. The number of benzene rings is 1. The van der Waals surface area contributed by atoms with Crippen molar-refractivity contribution in [1.29, 1.82) is 0 Å². The van der Waals surface area contributed by atoms with E-state index in [1.54, 1.807) is 31.2 Å². The maximum atomic E-state index is 12.7. The van der Waals surface area contributed by atoms with Gasteiger partial charge in [0.05, 0.1) is 20.1 Å². The molecule has 1 rings (SSSR count). The zero-order valence-corrected chi connectivity index (χ0v) is 13.6. The van der Waals surface area contributed by atoms with Gasteiger partial charge >= 0.3 is 18.1 Å².